The van der Waals surface area contributed by atoms with E-state index < -0.39 is 11.8 Å². The highest BCUT2D eigenvalue weighted by atomic mass is 19.1. The molecule has 4 heteroatoms. The lowest BCUT2D eigenvalue weighted by molar-refractivity contribution is 0.0690. The van der Waals surface area contributed by atoms with E-state index in [1.54, 1.807) is 0 Å². The van der Waals surface area contributed by atoms with E-state index in [1.807, 2.05) is 31.2 Å². The van der Waals surface area contributed by atoms with Crippen molar-refractivity contribution in [2.75, 3.05) is 0 Å². The molecular formula is C15H13FO3. The molecule has 0 saturated heterocycles. The fraction of sp³-hybridized carbons (Fsp3) is 0.133. The summed E-state index contributed by atoms with van der Waals surface area (Å²) in [6.45, 7) is 2.05. The third-order valence-electron chi connectivity index (χ3n) is 2.83. The molecule has 0 heterocycles. The van der Waals surface area contributed by atoms with Gasteiger partial charge in [-0.15, -0.1) is 0 Å². The number of aryl methyl sites for hydroxylation is 1. The molecule has 0 aliphatic heterocycles. The van der Waals surface area contributed by atoms with Crippen molar-refractivity contribution in [2.45, 2.75) is 13.5 Å². The minimum atomic E-state index is -1.21. The third kappa shape index (κ3) is 2.91. The normalized spacial score (nSPS) is 10.2. The van der Waals surface area contributed by atoms with E-state index in [1.165, 1.54) is 18.2 Å². The second kappa shape index (κ2) is 5.52. The Bertz CT molecular complexity index is 608. The number of carbonyl (C=O) groups is 1. The number of para-hydroxylation sites is 1. The Hall–Kier alpha value is -2.36. The molecule has 0 bridgehead atoms. The average Bonchev–Trinajstić information content (AvgIpc) is 2.38. The Labute approximate surface area is 110 Å². The predicted octanol–water partition coefficient (Wildman–Crippen LogP) is 3.41. The van der Waals surface area contributed by atoms with Gasteiger partial charge in [0.1, 0.15) is 12.2 Å². The maximum Gasteiger partial charge on any atom is 0.339 e. The summed E-state index contributed by atoms with van der Waals surface area (Å²) >= 11 is 0. The first kappa shape index (κ1) is 13.1. The van der Waals surface area contributed by atoms with Crippen LogP contribution in [0, 0.1) is 12.7 Å². The summed E-state index contributed by atoms with van der Waals surface area (Å²) in [7, 11) is 0. The van der Waals surface area contributed by atoms with Crippen LogP contribution in [0.1, 0.15) is 21.5 Å². The minimum absolute atomic E-state index is 0.133. The fourth-order valence-electron chi connectivity index (χ4n) is 1.75. The number of halogens is 1. The smallest absolute Gasteiger partial charge is 0.339 e. The first-order valence-corrected chi connectivity index (χ1v) is 5.78. The molecule has 0 amide bonds. The molecular weight excluding hydrogens is 247 g/mol. The molecule has 98 valence electrons. The number of aromatic carboxylic acids is 1. The fourth-order valence-corrected chi connectivity index (χ4v) is 1.75. The molecule has 0 saturated carbocycles. The Balaban J connectivity index is 2.25. The number of hydrogen-bond acceptors (Lipinski definition) is 2. The number of ether oxygens (including phenoxy) is 1. The first-order valence-electron chi connectivity index (χ1n) is 5.78. The van der Waals surface area contributed by atoms with Crippen LogP contribution in [0.2, 0.25) is 0 Å². The molecule has 0 aromatic heterocycles. The van der Waals surface area contributed by atoms with E-state index in [-0.39, 0.29) is 17.9 Å². The summed E-state index contributed by atoms with van der Waals surface area (Å²) in [6, 6.07) is 11.4. The van der Waals surface area contributed by atoms with E-state index in [4.69, 9.17) is 9.84 Å². The molecule has 0 aliphatic carbocycles. The van der Waals surface area contributed by atoms with E-state index in [2.05, 4.69) is 0 Å². The number of hydrogen-bond donors (Lipinski definition) is 1. The van der Waals surface area contributed by atoms with Crippen LogP contribution in [0.3, 0.4) is 0 Å². The van der Waals surface area contributed by atoms with Crippen LogP contribution >= 0.6 is 0 Å². The molecule has 0 aliphatic rings. The van der Waals surface area contributed by atoms with Crippen molar-refractivity contribution in [1.82, 2.24) is 0 Å². The highest BCUT2D eigenvalue weighted by Gasteiger charge is 2.15. The first-order chi connectivity index (χ1) is 9.09. The molecule has 2 aromatic rings. The van der Waals surface area contributed by atoms with E-state index in [9.17, 15) is 9.18 Å². The molecule has 3 nitrogen and oxygen atoms in total. The van der Waals surface area contributed by atoms with Gasteiger partial charge in [0.2, 0.25) is 0 Å². The van der Waals surface area contributed by atoms with Crippen molar-refractivity contribution in [3.05, 3.63) is 65.0 Å². The average molecular weight is 260 g/mol. The summed E-state index contributed by atoms with van der Waals surface area (Å²) in [5.74, 6) is -2.11. The van der Waals surface area contributed by atoms with Crippen LogP contribution in [-0.2, 0) is 6.61 Å². The van der Waals surface area contributed by atoms with E-state index in [0.29, 0.717) is 0 Å². The Morgan fingerprint density at radius 3 is 2.63 bits per heavy atom. The van der Waals surface area contributed by atoms with Crippen LogP contribution < -0.4 is 4.74 Å². The summed E-state index contributed by atoms with van der Waals surface area (Å²) in [5, 5.41) is 9.00. The molecule has 0 atom stereocenters. The summed E-state index contributed by atoms with van der Waals surface area (Å²) in [5.41, 5.74) is 1.73. The lowest BCUT2D eigenvalue weighted by Gasteiger charge is -2.11. The van der Waals surface area contributed by atoms with Gasteiger partial charge in [-0.2, -0.15) is 0 Å². The van der Waals surface area contributed by atoms with Crippen LogP contribution in [0.15, 0.2) is 42.5 Å². The monoisotopic (exact) mass is 260 g/mol. The van der Waals surface area contributed by atoms with Gasteiger partial charge in [0.25, 0.3) is 0 Å². The molecule has 19 heavy (non-hydrogen) atoms. The van der Waals surface area contributed by atoms with Crippen molar-refractivity contribution in [3.63, 3.8) is 0 Å². The SMILES string of the molecule is Cc1ccccc1COc1c(F)cccc1C(=O)O. The van der Waals surface area contributed by atoms with Crippen molar-refractivity contribution < 1.29 is 19.0 Å². The summed E-state index contributed by atoms with van der Waals surface area (Å²) < 4.78 is 19.0. The van der Waals surface area contributed by atoms with Gasteiger partial charge in [0, 0.05) is 0 Å². The molecule has 0 unspecified atom stereocenters. The zero-order valence-electron chi connectivity index (χ0n) is 10.4. The number of carboxylic acid groups (broad SMARTS) is 1. The van der Waals surface area contributed by atoms with Crippen molar-refractivity contribution >= 4 is 5.97 Å². The topological polar surface area (TPSA) is 46.5 Å². The van der Waals surface area contributed by atoms with Gasteiger partial charge in [-0.3, -0.25) is 0 Å². The highest BCUT2D eigenvalue weighted by molar-refractivity contribution is 5.90. The van der Waals surface area contributed by atoms with E-state index >= 15 is 0 Å². The quantitative estimate of drug-likeness (QED) is 0.916. The van der Waals surface area contributed by atoms with E-state index in [0.717, 1.165) is 11.1 Å². The van der Waals surface area contributed by atoms with Crippen LogP contribution in [-0.4, -0.2) is 11.1 Å². The maximum atomic E-state index is 13.6. The van der Waals surface area contributed by atoms with Gasteiger partial charge in [0.15, 0.2) is 11.6 Å². The van der Waals surface area contributed by atoms with Gasteiger partial charge in [-0.25, -0.2) is 9.18 Å². The van der Waals surface area contributed by atoms with Gasteiger partial charge >= 0.3 is 5.97 Å². The summed E-state index contributed by atoms with van der Waals surface area (Å²) in [4.78, 5) is 11.0. The van der Waals surface area contributed by atoms with Gasteiger partial charge < -0.3 is 9.84 Å². The van der Waals surface area contributed by atoms with Crippen LogP contribution in [0.4, 0.5) is 4.39 Å². The van der Waals surface area contributed by atoms with Gasteiger partial charge in [0.05, 0.1) is 0 Å². The predicted molar refractivity (Wildman–Crippen MR) is 68.9 cm³/mol. The lowest BCUT2D eigenvalue weighted by Crippen LogP contribution is -2.06. The molecule has 0 radical (unpaired) electrons. The Kier molecular flexibility index (Phi) is 3.80. The maximum absolute atomic E-state index is 13.6. The molecule has 1 N–H and O–H groups in total. The number of rotatable bonds is 4. The van der Waals surface area contributed by atoms with Gasteiger partial charge in [-0.1, -0.05) is 30.3 Å². The second-order valence-corrected chi connectivity index (χ2v) is 4.14. The standard InChI is InChI=1S/C15H13FO3/c1-10-5-2-3-6-11(10)9-19-14-12(15(17)18)7-4-8-13(14)16/h2-8H,9H2,1H3,(H,17,18). The molecule has 0 spiro atoms. The second-order valence-electron chi connectivity index (χ2n) is 4.14. The zero-order valence-corrected chi connectivity index (χ0v) is 10.4. The number of benzene rings is 2. The summed E-state index contributed by atoms with van der Waals surface area (Å²) in [6.07, 6.45) is 0. The van der Waals surface area contributed by atoms with Crippen LogP contribution in [0.25, 0.3) is 0 Å². The minimum Gasteiger partial charge on any atom is -0.485 e. The number of carboxylic acids is 1. The third-order valence-corrected chi connectivity index (χ3v) is 2.83. The van der Waals surface area contributed by atoms with Crippen molar-refractivity contribution in [2.24, 2.45) is 0 Å². The van der Waals surface area contributed by atoms with Crippen LogP contribution in [0.5, 0.6) is 5.75 Å². The van der Waals surface area contributed by atoms with Gasteiger partial charge in [-0.05, 0) is 30.2 Å². The molecule has 2 aromatic carbocycles. The van der Waals surface area contributed by atoms with Crippen molar-refractivity contribution in [1.29, 1.82) is 0 Å². The molecule has 2 rings (SSSR count). The highest BCUT2D eigenvalue weighted by Crippen LogP contribution is 2.24. The lowest BCUT2D eigenvalue weighted by atomic mass is 10.1. The largest absolute Gasteiger partial charge is 0.485 e. The van der Waals surface area contributed by atoms with Crippen molar-refractivity contribution in [3.8, 4) is 5.75 Å². The Morgan fingerprint density at radius 1 is 1.21 bits per heavy atom. The molecule has 0 fully saturated rings. The zero-order chi connectivity index (χ0) is 13.8. The Morgan fingerprint density at radius 2 is 1.95 bits per heavy atom.